The van der Waals surface area contributed by atoms with Gasteiger partial charge in [0.1, 0.15) is 5.54 Å². The van der Waals surface area contributed by atoms with Crippen molar-refractivity contribution in [3.63, 3.8) is 0 Å². The molecule has 0 heterocycles. The minimum Gasteiger partial charge on any atom is -0.375 e. The van der Waals surface area contributed by atoms with Gasteiger partial charge in [0.05, 0.1) is 23.3 Å². The SMILES string of the molecule is CN(C(=O)CNc1cc(Cl)ccc1Cl)C1(C#N)CCCCC1. The molecule has 1 saturated carbocycles. The lowest BCUT2D eigenvalue weighted by atomic mass is 9.81. The molecule has 1 aromatic rings. The number of carbonyl (C=O) groups excluding carboxylic acids is 1. The van der Waals surface area contributed by atoms with Crippen molar-refractivity contribution >= 4 is 34.8 Å². The Kier molecular flexibility index (Phi) is 5.55. The van der Waals surface area contributed by atoms with Gasteiger partial charge >= 0.3 is 0 Å². The first-order valence-corrected chi connectivity index (χ1v) is 8.11. The lowest BCUT2D eigenvalue weighted by molar-refractivity contribution is -0.132. The summed E-state index contributed by atoms with van der Waals surface area (Å²) in [6.45, 7) is 0.0833. The zero-order valence-corrected chi connectivity index (χ0v) is 14.0. The maximum atomic E-state index is 12.4. The molecule has 6 heteroatoms. The van der Waals surface area contributed by atoms with Gasteiger partial charge in [-0.05, 0) is 31.0 Å². The highest BCUT2D eigenvalue weighted by Crippen LogP contribution is 2.32. The van der Waals surface area contributed by atoms with Gasteiger partial charge in [0.25, 0.3) is 0 Å². The molecule has 0 aliphatic heterocycles. The minimum absolute atomic E-state index is 0.0833. The zero-order chi connectivity index (χ0) is 16.2. The van der Waals surface area contributed by atoms with E-state index in [9.17, 15) is 10.1 Å². The second-order valence-electron chi connectivity index (χ2n) is 5.63. The van der Waals surface area contributed by atoms with Crippen LogP contribution in [0.4, 0.5) is 5.69 Å². The van der Waals surface area contributed by atoms with Gasteiger partial charge in [-0.25, -0.2) is 0 Å². The van der Waals surface area contributed by atoms with Crippen molar-refractivity contribution in [2.75, 3.05) is 18.9 Å². The number of benzene rings is 1. The van der Waals surface area contributed by atoms with Crippen molar-refractivity contribution in [1.82, 2.24) is 4.90 Å². The maximum absolute atomic E-state index is 12.4. The van der Waals surface area contributed by atoms with Gasteiger partial charge in [-0.3, -0.25) is 4.79 Å². The predicted octanol–water partition coefficient (Wildman–Crippen LogP) is 4.09. The van der Waals surface area contributed by atoms with Gasteiger partial charge in [-0.2, -0.15) is 5.26 Å². The number of anilines is 1. The Balaban J connectivity index is 2.02. The molecule has 2 rings (SSSR count). The van der Waals surface area contributed by atoms with Crippen molar-refractivity contribution in [1.29, 1.82) is 5.26 Å². The number of likely N-dealkylation sites (N-methyl/N-ethyl adjacent to an activating group) is 1. The third-order valence-corrected chi connectivity index (χ3v) is 4.83. The summed E-state index contributed by atoms with van der Waals surface area (Å²) in [4.78, 5) is 14.0. The van der Waals surface area contributed by atoms with Crippen LogP contribution >= 0.6 is 23.2 Å². The smallest absolute Gasteiger partial charge is 0.242 e. The molecule has 1 fully saturated rings. The molecular formula is C16H19Cl2N3O. The normalized spacial score (nSPS) is 16.6. The lowest BCUT2D eigenvalue weighted by Gasteiger charge is -2.39. The van der Waals surface area contributed by atoms with Crippen molar-refractivity contribution in [3.8, 4) is 6.07 Å². The number of nitrogens with one attached hydrogen (secondary N) is 1. The molecule has 1 N–H and O–H groups in total. The summed E-state index contributed by atoms with van der Waals surface area (Å²) in [7, 11) is 1.71. The Hall–Kier alpha value is -1.44. The predicted molar refractivity (Wildman–Crippen MR) is 89.2 cm³/mol. The van der Waals surface area contributed by atoms with Crippen LogP contribution in [0.1, 0.15) is 32.1 Å². The average Bonchev–Trinajstić information content (AvgIpc) is 2.55. The van der Waals surface area contributed by atoms with E-state index in [0.717, 1.165) is 32.1 Å². The van der Waals surface area contributed by atoms with Crippen LogP contribution in [0.25, 0.3) is 0 Å². The first-order valence-electron chi connectivity index (χ1n) is 7.35. The minimum atomic E-state index is -0.671. The van der Waals surface area contributed by atoms with Crippen LogP contribution in [0, 0.1) is 11.3 Å². The molecule has 1 aromatic carbocycles. The van der Waals surface area contributed by atoms with Crippen molar-refractivity contribution < 1.29 is 4.79 Å². The van der Waals surface area contributed by atoms with Crippen LogP contribution in [0.5, 0.6) is 0 Å². The van der Waals surface area contributed by atoms with Crippen LogP contribution in [0.3, 0.4) is 0 Å². The topological polar surface area (TPSA) is 56.1 Å². The summed E-state index contributed by atoms with van der Waals surface area (Å²) in [6, 6.07) is 7.39. The van der Waals surface area contributed by atoms with E-state index in [-0.39, 0.29) is 12.5 Å². The molecule has 1 aliphatic carbocycles. The van der Waals surface area contributed by atoms with E-state index in [1.54, 1.807) is 30.1 Å². The quantitative estimate of drug-likeness (QED) is 0.898. The highest BCUT2D eigenvalue weighted by atomic mass is 35.5. The molecule has 0 unspecified atom stereocenters. The number of halogens is 2. The molecule has 1 aliphatic rings. The summed E-state index contributed by atoms with van der Waals surface area (Å²) in [5.74, 6) is -0.125. The number of rotatable bonds is 4. The molecule has 0 radical (unpaired) electrons. The van der Waals surface area contributed by atoms with Gasteiger partial charge in [-0.1, -0.05) is 42.5 Å². The largest absolute Gasteiger partial charge is 0.375 e. The van der Waals surface area contributed by atoms with Crippen LogP contribution in [-0.2, 0) is 4.79 Å². The fourth-order valence-corrected chi connectivity index (χ4v) is 3.18. The maximum Gasteiger partial charge on any atom is 0.242 e. The average molecular weight is 340 g/mol. The Morgan fingerprint density at radius 2 is 2.05 bits per heavy atom. The first-order chi connectivity index (χ1) is 10.5. The van der Waals surface area contributed by atoms with E-state index >= 15 is 0 Å². The van der Waals surface area contributed by atoms with Gasteiger partial charge < -0.3 is 10.2 Å². The Bertz CT molecular complexity index is 592. The fourth-order valence-electron chi connectivity index (χ4n) is 2.82. The van der Waals surface area contributed by atoms with Gasteiger partial charge in [0, 0.05) is 12.1 Å². The van der Waals surface area contributed by atoms with E-state index < -0.39 is 5.54 Å². The van der Waals surface area contributed by atoms with Crippen LogP contribution < -0.4 is 5.32 Å². The zero-order valence-electron chi connectivity index (χ0n) is 12.5. The molecule has 4 nitrogen and oxygen atoms in total. The summed E-state index contributed by atoms with van der Waals surface area (Å²) in [5.41, 5.74) is -0.0552. The van der Waals surface area contributed by atoms with Crippen LogP contribution in [-0.4, -0.2) is 29.9 Å². The van der Waals surface area contributed by atoms with E-state index in [1.807, 2.05) is 0 Å². The van der Waals surface area contributed by atoms with E-state index in [2.05, 4.69) is 11.4 Å². The first kappa shape index (κ1) is 16.9. The lowest BCUT2D eigenvalue weighted by Crippen LogP contribution is -2.51. The molecule has 0 bridgehead atoms. The standard InChI is InChI=1S/C16H19Cl2N3O/c1-21(16(11-19)7-3-2-4-8-16)15(22)10-20-14-9-12(17)5-6-13(14)18/h5-6,9,20H,2-4,7-8,10H2,1H3. The number of amides is 1. The second-order valence-corrected chi connectivity index (χ2v) is 6.48. The highest BCUT2D eigenvalue weighted by Gasteiger charge is 2.38. The molecule has 0 spiro atoms. The van der Waals surface area contributed by atoms with E-state index in [4.69, 9.17) is 23.2 Å². The van der Waals surface area contributed by atoms with Crippen molar-refractivity contribution in [3.05, 3.63) is 28.2 Å². The third kappa shape index (κ3) is 3.66. The number of hydrogen-bond acceptors (Lipinski definition) is 3. The van der Waals surface area contributed by atoms with Crippen molar-refractivity contribution in [2.24, 2.45) is 0 Å². The molecule has 1 amide bonds. The molecule has 0 atom stereocenters. The Morgan fingerprint density at radius 3 is 2.68 bits per heavy atom. The monoisotopic (exact) mass is 339 g/mol. The third-order valence-electron chi connectivity index (χ3n) is 4.26. The van der Waals surface area contributed by atoms with Gasteiger partial charge in [0.15, 0.2) is 0 Å². The summed E-state index contributed by atoms with van der Waals surface area (Å²) < 4.78 is 0. The van der Waals surface area contributed by atoms with E-state index in [1.165, 1.54) is 0 Å². The summed E-state index contributed by atoms with van der Waals surface area (Å²) in [5, 5.41) is 13.6. The molecule has 0 saturated heterocycles. The van der Waals surface area contributed by atoms with Crippen molar-refractivity contribution in [2.45, 2.75) is 37.6 Å². The Morgan fingerprint density at radius 1 is 1.36 bits per heavy atom. The van der Waals surface area contributed by atoms with Crippen LogP contribution in [0.15, 0.2) is 18.2 Å². The number of hydrogen-bond donors (Lipinski definition) is 1. The van der Waals surface area contributed by atoms with E-state index in [0.29, 0.717) is 15.7 Å². The summed E-state index contributed by atoms with van der Waals surface area (Å²) >= 11 is 12.0. The highest BCUT2D eigenvalue weighted by molar-refractivity contribution is 6.35. The number of nitriles is 1. The van der Waals surface area contributed by atoms with Gasteiger partial charge in [0.2, 0.25) is 5.91 Å². The molecular weight excluding hydrogens is 321 g/mol. The van der Waals surface area contributed by atoms with Crippen LogP contribution in [0.2, 0.25) is 10.0 Å². The summed E-state index contributed by atoms with van der Waals surface area (Å²) in [6.07, 6.45) is 4.58. The molecule has 0 aromatic heterocycles. The Labute approximate surface area is 141 Å². The van der Waals surface area contributed by atoms with Gasteiger partial charge in [-0.15, -0.1) is 0 Å². The molecule has 118 valence electrons. The number of nitrogens with zero attached hydrogens (tertiary/aromatic N) is 2. The molecule has 22 heavy (non-hydrogen) atoms. The fraction of sp³-hybridized carbons (Fsp3) is 0.500. The second kappa shape index (κ2) is 7.21. The number of carbonyl (C=O) groups is 1.